The summed E-state index contributed by atoms with van der Waals surface area (Å²) in [7, 11) is 0. The molecule has 0 aromatic heterocycles. The second-order valence-corrected chi connectivity index (χ2v) is 6.24. The van der Waals surface area contributed by atoms with Crippen LogP contribution >= 0.6 is 0 Å². The van der Waals surface area contributed by atoms with Crippen molar-refractivity contribution in [3.63, 3.8) is 0 Å². The first-order chi connectivity index (χ1) is 9.49. The summed E-state index contributed by atoms with van der Waals surface area (Å²) >= 11 is 0. The van der Waals surface area contributed by atoms with Crippen molar-refractivity contribution >= 4 is 5.97 Å². The largest absolute Gasteiger partial charge is 0.481 e. The summed E-state index contributed by atoms with van der Waals surface area (Å²) in [5.41, 5.74) is -1.22. The lowest BCUT2D eigenvalue weighted by atomic mass is 9.78. The number of nitrogens with one attached hydrogen (secondary N) is 1. The van der Waals surface area contributed by atoms with Gasteiger partial charge in [-0.25, -0.2) is 0 Å². The fourth-order valence-electron chi connectivity index (χ4n) is 3.08. The molecule has 0 spiro atoms. The summed E-state index contributed by atoms with van der Waals surface area (Å²) in [5, 5.41) is 32.4. The molecule has 0 aromatic rings. The van der Waals surface area contributed by atoms with E-state index in [-0.39, 0.29) is 18.1 Å². The predicted molar refractivity (Wildman–Crippen MR) is 72.4 cm³/mol. The van der Waals surface area contributed by atoms with E-state index >= 15 is 0 Å². The summed E-state index contributed by atoms with van der Waals surface area (Å²) in [5.74, 6) is -1.10. The van der Waals surface area contributed by atoms with Gasteiger partial charge < -0.3 is 25.4 Å². The molecular formula is C14H25NO5. The monoisotopic (exact) mass is 287 g/mol. The van der Waals surface area contributed by atoms with Crippen LogP contribution in [0.3, 0.4) is 0 Å². The molecule has 1 aliphatic heterocycles. The van der Waals surface area contributed by atoms with E-state index in [1.165, 1.54) is 0 Å². The van der Waals surface area contributed by atoms with Gasteiger partial charge in [-0.05, 0) is 38.5 Å². The van der Waals surface area contributed by atoms with Crippen LogP contribution in [-0.4, -0.2) is 58.8 Å². The number of β-amino-alcohol motifs (C(OH)–C–C–N with tert-alkyl or cyclic N) is 1. The zero-order valence-corrected chi connectivity index (χ0v) is 11.8. The second-order valence-electron chi connectivity index (χ2n) is 6.24. The normalized spacial score (nSPS) is 33.8. The van der Waals surface area contributed by atoms with Crippen molar-refractivity contribution < 1.29 is 24.9 Å². The van der Waals surface area contributed by atoms with Gasteiger partial charge in [-0.1, -0.05) is 0 Å². The minimum atomic E-state index is -0.855. The van der Waals surface area contributed by atoms with Crippen LogP contribution in [0, 0.1) is 5.92 Å². The number of hydrogen-bond donors (Lipinski definition) is 4. The van der Waals surface area contributed by atoms with Gasteiger partial charge in [0, 0.05) is 25.3 Å². The van der Waals surface area contributed by atoms with Gasteiger partial charge in [-0.2, -0.15) is 0 Å². The van der Waals surface area contributed by atoms with Crippen LogP contribution in [0.5, 0.6) is 0 Å². The number of ether oxygens (including phenoxy) is 1. The summed E-state index contributed by atoms with van der Waals surface area (Å²) in [6.45, 7) is 1.67. The van der Waals surface area contributed by atoms with Gasteiger partial charge in [-0.3, -0.25) is 4.79 Å². The Kier molecular flexibility index (Phi) is 5.01. The van der Waals surface area contributed by atoms with Crippen LogP contribution in [0.15, 0.2) is 0 Å². The number of hydrogen-bond acceptors (Lipinski definition) is 5. The molecular weight excluding hydrogens is 262 g/mol. The summed E-state index contributed by atoms with van der Waals surface area (Å²) in [6, 6.07) is 0. The van der Waals surface area contributed by atoms with E-state index in [1.807, 2.05) is 0 Å². The van der Waals surface area contributed by atoms with Crippen molar-refractivity contribution in [1.82, 2.24) is 5.32 Å². The van der Waals surface area contributed by atoms with Gasteiger partial charge >= 0.3 is 5.97 Å². The number of rotatable bonds is 5. The lowest BCUT2D eigenvalue weighted by Crippen LogP contribution is -2.57. The first-order valence-corrected chi connectivity index (χ1v) is 7.37. The highest BCUT2D eigenvalue weighted by Crippen LogP contribution is 2.32. The molecule has 1 saturated carbocycles. The molecule has 0 radical (unpaired) electrons. The number of carboxylic acid groups (broad SMARTS) is 1. The lowest BCUT2D eigenvalue weighted by molar-refractivity contribution is -0.144. The molecule has 0 aromatic carbocycles. The third kappa shape index (κ3) is 3.69. The smallest absolute Gasteiger partial charge is 0.306 e. The topological polar surface area (TPSA) is 99.0 Å². The molecule has 1 saturated heterocycles. The lowest BCUT2D eigenvalue weighted by Gasteiger charge is -2.41. The zero-order chi connectivity index (χ0) is 14.6. The average Bonchev–Trinajstić information content (AvgIpc) is 2.47. The van der Waals surface area contributed by atoms with E-state index in [4.69, 9.17) is 9.84 Å². The summed E-state index contributed by atoms with van der Waals surface area (Å²) < 4.78 is 5.31. The van der Waals surface area contributed by atoms with Gasteiger partial charge in [0.15, 0.2) is 0 Å². The fraction of sp³-hybridized carbons (Fsp3) is 0.929. The molecule has 2 fully saturated rings. The van der Waals surface area contributed by atoms with E-state index in [9.17, 15) is 15.0 Å². The van der Waals surface area contributed by atoms with E-state index in [0.29, 0.717) is 45.4 Å². The van der Waals surface area contributed by atoms with Crippen molar-refractivity contribution in [2.45, 2.75) is 49.7 Å². The maximum absolute atomic E-state index is 10.9. The molecule has 20 heavy (non-hydrogen) atoms. The van der Waals surface area contributed by atoms with E-state index < -0.39 is 11.6 Å². The Morgan fingerprint density at radius 3 is 2.30 bits per heavy atom. The Morgan fingerprint density at radius 2 is 1.80 bits per heavy atom. The highest BCUT2D eigenvalue weighted by molar-refractivity contribution is 5.70. The van der Waals surface area contributed by atoms with Crippen molar-refractivity contribution in [3.8, 4) is 0 Å². The highest BCUT2D eigenvalue weighted by Gasteiger charge is 2.39. The Morgan fingerprint density at radius 1 is 1.20 bits per heavy atom. The van der Waals surface area contributed by atoms with E-state index in [1.54, 1.807) is 0 Å². The highest BCUT2D eigenvalue weighted by atomic mass is 16.5. The minimum Gasteiger partial charge on any atom is -0.481 e. The molecule has 6 nitrogen and oxygen atoms in total. The number of carboxylic acids is 1. The van der Waals surface area contributed by atoms with Crippen molar-refractivity contribution in [3.05, 3.63) is 0 Å². The summed E-state index contributed by atoms with van der Waals surface area (Å²) in [4.78, 5) is 10.9. The Bertz CT molecular complexity index is 332. The van der Waals surface area contributed by atoms with Crippen molar-refractivity contribution in [2.75, 3.05) is 26.4 Å². The average molecular weight is 287 g/mol. The van der Waals surface area contributed by atoms with Gasteiger partial charge in [0.25, 0.3) is 0 Å². The Labute approximate surface area is 119 Å². The SMILES string of the molecule is O=C(O)C1CCC(O)(CNC2(CO)CCOCC2)CC1. The maximum Gasteiger partial charge on any atom is 0.306 e. The molecule has 116 valence electrons. The van der Waals surface area contributed by atoms with Crippen molar-refractivity contribution in [2.24, 2.45) is 5.92 Å². The van der Waals surface area contributed by atoms with Gasteiger partial charge in [-0.15, -0.1) is 0 Å². The van der Waals surface area contributed by atoms with Gasteiger partial charge in [0.1, 0.15) is 0 Å². The first kappa shape index (κ1) is 15.7. The Balaban J connectivity index is 1.85. The molecule has 2 rings (SSSR count). The third-order valence-electron chi connectivity index (χ3n) is 4.81. The zero-order valence-electron chi connectivity index (χ0n) is 11.8. The van der Waals surface area contributed by atoms with Gasteiger partial charge in [0.2, 0.25) is 0 Å². The fourth-order valence-corrected chi connectivity index (χ4v) is 3.08. The van der Waals surface area contributed by atoms with E-state index in [0.717, 1.165) is 12.8 Å². The molecule has 0 unspecified atom stereocenters. The number of aliphatic hydroxyl groups excluding tert-OH is 1. The standard InChI is InChI=1S/C14H25NO5/c16-10-13(5-7-20-8-6-13)15-9-14(19)3-1-11(2-4-14)12(17)18/h11,15-16,19H,1-10H2,(H,17,18). The third-order valence-corrected chi connectivity index (χ3v) is 4.81. The van der Waals surface area contributed by atoms with Crippen LogP contribution in [0.25, 0.3) is 0 Å². The molecule has 1 aliphatic carbocycles. The molecule has 0 atom stereocenters. The minimum absolute atomic E-state index is 0.0319. The predicted octanol–water partition coefficient (Wildman–Crippen LogP) is 0.123. The molecule has 0 bridgehead atoms. The van der Waals surface area contributed by atoms with Gasteiger partial charge in [0.05, 0.1) is 18.1 Å². The first-order valence-electron chi connectivity index (χ1n) is 7.37. The number of aliphatic carboxylic acids is 1. The summed E-state index contributed by atoms with van der Waals surface area (Å²) in [6.07, 6.45) is 3.49. The molecule has 2 aliphatic rings. The van der Waals surface area contributed by atoms with Crippen LogP contribution in [0.4, 0.5) is 0 Å². The van der Waals surface area contributed by atoms with Crippen LogP contribution in [-0.2, 0) is 9.53 Å². The van der Waals surface area contributed by atoms with E-state index in [2.05, 4.69) is 5.32 Å². The molecule has 0 amide bonds. The van der Waals surface area contributed by atoms with Crippen LogP contribution in [0.2, 0.25) is 0 Å². The Hall–Kier alpha value is -0.690. The van der Waals surface area contributed by atoms with Crippen LogP contribution in [0.1, 0.15) is 38.5 Å². The number of carbonyl (C=O) groups is 1. The van der Waals surface area contributed by atoms with Crippen LogP contribution < -0.4 is 5.32 Å². The molecule has 1 heterocycles. The quantitative estimate of drug-likeness (QED) is 0.573. The second kappa shape index (κ2) is 6.39. The molecule has 4 N–H and O–H groups in total. The number of aliphatic hydroxyl groups is 2. The maximum atomic E-state index is 10.9. The van der Waals surface area contributed by atoms with Crippen molar-refractivity contribution in [1.29, 1.82) is 0 Å². The molecule has 6 heteroatoms.